The van der Waals surface area contributed by atoms with E-state index in [1.54, 1.807) is 29.0 Å². The average molecular weight is 366 g/mol. The molecule has 0 bridgehead atoms. The van der Waals surface area contributed by atoms with Crippen LogP contribution in [0, 0.1) is 0 Å². The number of alkyl halides is 3. The Morgan fingerprint density at radius 1 is 0.962 bits per heavy atom. The standard InChI is InChI=1S/C18H17F3N2O3/c1-25-15-8-4-14(5-9-15)23-11-10-22(17(23)24)12-13-2-6-16(7-3-13)26-18(19,20)21/h2-9H,10-12H2,1H3. The molecule has 1 heterocycles. The Morgan fingerprint density at radius 2 is 1.58 bits per heavy atom. The maximum Gasteiger partial charge on any atom is 0.573 e. The van der Waals surface area contributed by atoms with Gasteiger partial charge in [-0.15, -0.1) is 13.2 Å². The van der Waals surface area contributed by atoms with E-state index in [0.29, 0.717) is 25.4 Å². The zero-order chi connectivity index (χ0) is 18.7. The first-order valence-electron chi connectivity index (χ1n) is 7.91. The average Bonchev–Trinajstić information content (AvgIpc) is 2.96. The number of ether oxygens (including phenoxy) is 2. The van der Waals surface area contributed by atoms with Crippen LogP contribution in [0.3, 0.4) is 0 Å². The van der Waals surface area contributed by atoms with Crippen LogP contribution in [0.5, 0.6) is 11.5 Å². The fourth-order valence-electron chi connectivity index (χ4n) is 2.75. The van der Waals surface area contributed by atoms with Crippen LogP contribution in [-0.4, -0.2) is 37.5 Å². The highest BCUT2D eigenvalue weighted by molar-refractivity contribution is 5.94. The van der Waals surface area contributed by atoms with Crippen LogP contribution >= 0.6 is 0 Å². The van der Waals surface area contributed by atoms with Crippen LogP contribution in [0.1, 0.15) is 5.56 Å². The van der Waals surface area contributed by atoms with Crippen LogP contribution in [0.2, 0.25) is 0 Å². The zero-order valence-electron chi connectivity index (χ0n) is 14.0. The Bertz CT molecular complexity index is 761. The summed E-state index contributed by atoms with van der Waals surface area (Å²) in [5.74, 6) is 0.423. The zero-order valence-corrected chi connectivity index (χ0v) is 14.0. The lowest BCUT2D eigenvalue weighted by Gasteiger charge is -2.19. The van der Waals surface area contributed by atoms with Crippen LogP contribution in [-0.2, 0) is 6.54 Å². The molecule has 1 saturated heterocycles. The number of amides is 2. The van der Waals surface area contributed by atoms with E-state index >= 15 is 0 Å². The van der Waals surface area contributed by atoms with E-state index in [0.717, 1.165) is 11.3 Å². The summed E-state index contributed by atoms with van der Waals surface area (Å²) in [7, 11) is 1.57. The van der Waals surface area contributed by atoms with Crippen molar-refractivity contribution in [1.82, 2.24) is 4.90 Å². The molecule has 0 radical (unpaired) electrons. The van der Waals surface area contributed by atoms with Gasteiger partial charge in [-0.25, -0.2) is 4.79 Å². The highest BCUT2D eigenvalue weighted by atomic mass is 19.4. The molecule has 0 atom stereocenters. The highest BCUT2D eigenvalue weighted by Crippen LogP contribution is 2.26. The topological polar surface area (TPSA) is 42.0 Å². The monoisotopic (exact) mass is 366 g/mol. The van der Waals surface area contributed by atoms with E-state index in [1.807, 2.05) is 12.1 Å². The summed E-state index contributed by atoms with van der Waals surface area (Å²) in [5.41, 5.74) is 1.50. The van der Waals surface area contributed by atoms with Gasteiger partial charge in [-0.2, -0.15) is 0 Å². The van der Waals surface area contributed by atoms with Gasteiger partial charge < -0.3 is 14.4 Å². The summed E-state index contributed by atoms with van der Waals surface area (Å²) in [5, 5.41) is 0. The predicted octanol–water partition coefficient (Wildman–Crippen LogP) is 4.04. The molecule has 0 saturated carbocycles. The number of carbonyl (C=O) groups is 1. The number of benzene rings is 2. The molecule has 3 rings (SSSR count). The molecule has 26 heavy (non-hydrogen) atoms. The molecule has 2 aromatic carbocycles. The second kappa shape index (κ2) is 7.15. The number of anilines is 1. The van der Waals surface area contributed by atoms with Crippen LogP contribution < -0.4 is 14.4 Å². The number of carbonyl (C=O) groups excluding carboxylic acids is 1. The molecule has 0 unspecified atom stereocenters. The fourth-order valence-corrected chi connectivity index (χ4v) is 2.75. The van der Waals surface area contributed by atoms with Crippen molar-refractivity contribution in [2.24, 2.45) is 0 Å². The van der Waals surface area contributed by atoms with Gasteiger partial charge in [-0.1, -0.05) is 12.1 Å². The summed E-state index contributed by atoms with van der Waals surface area (Å²) in [6.07, 6.45) is -4.72. The van der Waals surface area contributed by atoms with Gasteiger partial charge in [0.2, 0.25) is 0 Å². The van der Waals surface area contributed by atoms with E-state index < -0.39 is 6.36 Å². The third kappa shape index (κ3) is 4.19. The first-order chi connectivity index (χ1) is 12.4. The lowest BCUT2D eigenvalue weighted by molar-refractivity contribution is -0.274. The number of nitrogens with zero attached hydrogens (tertiary/aromatic N) is 2. The van der Waals surface area contributed by atoms with Gasteiger partial charge in [0, 0.05) is 25.3 Å². The Morgan fingerprint density at radius 3 is 2.15 bits per heavy atom. The number of methoxy groups -OCH3 is 1. The van der Waals surface area contributed by atoms with Gasteiger partial charge in [0.25, 0.3) is 0 Å². The van der Waals surface area contributed by atoms with Crippen molar-refractivity contribution in [3.8, 4) is 11.5 Å². The first-order valence-corrected chi connectivity index (χ1v) is 7.91. The first kappa shape index (κ1) is 17.9. The molecule has 2 aromatic rings. The van der Waals surface area contributed by atoms with Gasteiger partial charge in [-0.05, 0) is 42.0 Å². The van der Waals surface area contributed by atoms with Crippen LogP contribution in [0.4, 0.5) is 23.7 Å². The van der Waals surface area contributed by atoms with Crippen LogP contribution in [0.25, 0.3) is 0 Å². The van der Waals surface area contributed by atoms with Gasteiger partial charge in [0.15, 0.2) is 0 Å². The number of rotatable bonds is 5. The molecule has 8 heteroatoms. The Hall–Kier alpha value is -2.90. The van der Waals surface area contributed by atoms with Gasteiger partial charge in [0.05, 0.1) is 7.11 Å². The molecule has 5 nitrogen and oxygen atoms in total. The summed E-state index contributed by atoms with van der Waals surface area (Å²) in [4.78, 5) is 15.9. The van der Waals surface area contributed by atoms with Crippen molar-refractivity contribution >= 4 is 11.7 Å². The quantitative estimate of drug-likeness (QED) is 0.802. The second-order valence-electron chi connectivity index (χ2n) is 5.75. The predicted molar refractivity (Wildman–Crippen MR) is 89.3 cm³/mol. The minimum Gasteiger partial charge on any atom is -0.497 e. The van der Waals surface area contributed by atoms with E-state index in [4.69, 9.17) is 4.74 Å². The smallest absolute Gasteiger partial charge is 0.497 e. The van der Waals surface area contributed by atoms with Crippen molar-refractivity contribution < 1.29 is 27.4 Å². The molecule has 1 aliphatic heterocycles. The highest BCUT2D eigenvalue weighted by Gasteiger charge is 2.31. The minimum atomic E-state index is -4.72. The van der Waals surface area contributed by atoms with Crippen molar-refractivity contribution in [2.45, 2.75) is 12.9 Å². The largest absolute Gasteiger partial charge is 0.573 e. The molecule has 1 aliphatic rings. The molecule has 0 spiro atoms. The number of urea groups is 1. The summed E-state index contributed by atoms with van der Waals surface area (Å²) >= 11 is 0. The van der Waals surface area contributed by atoms with Crippen molar-refractivity contribution in [3.63, 3.8) is 0 Å². The van der Waals surface area contributed by atoms with Crippen molar-refractivity contribution in [2.75, 3.05) is 25.1 Å². The van der Waals surface area contributed by atoms with E-state index in [-0.39, 0.29) is 11.8 Å². The Labute approximate surface area is 148 Å². The van der Waals surface area contributed by atoms with Gasteiger partial charge in [0.1, 0.15) is 11.5 Å². The summed E-state index contributed by atoms with van der Waals surface area (Å²) < 4.78 is 45.5. The molecule has 0 aromatic heterocycles. The molecule has 0 aliphatic carbocycles. The molecule has 138 valence electrons. The van der Waals surface area contributed by atoms with Crippen LogP contribution in [0.15, 0.2) is 48.5 Å². The molecular formula is C18H17F3N2O3. The van der Waals surface area contributed by atoms with E-state index in [1.165, 1.54) is 24.3 Å². The molecule has 2 amide bonds. The molecule has 0 N–H and O–H groups in total. The van der Waals surface area contributed by atoms with Gasteiger partial charge >= 0.3 is 12.4 Å². The maximum atomic E-state index is 12.6. The number of hydrogen-bond acceptors (Lipinski definition) is 3. The maximum absolute atomic E-state index is 12.6. The minimum absolute atomic E-state index is 0.147. The van der Waals surface area contributed by atoms with E-state index in [9.17, 15) is 18.0 Å². The third-order valence-corrected chi connectivity index (χ3v) is 4.01. The SMILES string of the molecule is COc1ccc(N2CCN(Cc3ccc(OC(F)(F)F)cc3)C2=O)cc1. The third-order valence-electron chi connectivity index (χ3n) is 4.01. The Balaban J connectivity index is 1.63. The summed E-state index contributed by atoms with van der Waals surface area (Å²) in [6, 6.07) is 12.6. The lowest BCUT2D eigenvalue weighted by atomic mass is 10.2. The van der Waals surface area contributed by atoms with Gasteiger partial charge in [-0.3, -0.25) is 4.90 Å². The second-order valence-corrected chi connectivity index (χ2v) is 5.75. The molecule has 1 fully saturated rings. The molecular weight excluding hydrogens is 349 g/mol. The van der Waals surface area contributed by atoms with E-state index in [2.05, 4.69) is 4.74 Å². The normalized spacial score (nSPS) is 14.7. The van der Waals surface area contributed by atoms with Crippen molar-refractivity contribution in [1.29, 1.82) is 0 Å². The van der Waals surface area contributed by atoms with Crippen molar-refractivity contribution in [3.05, 3.63) is 54.1 Å². The number of halogens is 3. The lowest BCUT2D eigenvalue weighted by Crippen LogP contribution is -2.31. The Kier molecular flexibility index (Phi) is 4.92. The summed E-state index contributed by atoms with van der Waals surface area (Å²) in [6.45, 7) is 1.39. The number of hydrogen-bond donors (Lipinski definition) is 0. The fraction of sp³-hybridized carbons (Fsp3) is 0.278.